The van der Waals surface area contributed by atoms with Crippen LogP contribution in [0.3, 0.4) is 0 Å². The molecule has 0 saturated carbocycles. The van der Waals surface area contributed by atoms with E-state index in [1.807, 2.05) is 44.2 Å². The molecule has 0 aliphatic heterocycles. The molecular weight excluding hydrogens is 302 g/mol. The minimum absolute atomic E-state index is 0.0137. The molecule has 0 radical (unpaired) electrons. The quantitative estimate of drug-likeness (QED) is 0.745. The summed E-state index contributed by atoms with van der Waals surface area (Å²) in [5, 5.41) is 7.21. The Balaban J connectivity index is 1.74. The lowest BCUT2D eigenvalue weighted by molar-refractivity contribution is 0.342. The molecule has 0 aromatic carbocycles. The van der Waals surface area contributed by atoms with Crippen molar-refractivity contribution >= 4 is 0 Å². The average molecular weight is 319 g/mol. The third-order valence-corrected chi connectivity index (χ3v) is 3.31. The molecule has 1 atom stereocenters. The van der Waals surface area contributed by atoms with Crippen LogP contribution in [-0.4, -0.2) is 26.7 Å². The number of hydrogen-bond donors (Lipinski definition) is 1. The number of nitrogens with one attached hydrogen (secondary N) is 1. The van der Waals surface area contributed by atoms with Crippen molar-refractivity contribution in [3.05, 3.63) is 59.9 Å². The van der Waals surface area contributed by atoms with Gasteiger partial charge in [0.15, 0.2) is 0 Å². The number of hydrogen-bond acceptors (Lipinski definition) is 6. The summed E-state index contributed by atoms with van der Waals surface area (Å²) in [6, 6.07) is 9.34. The molecule has 24 heavy (non-hydrogen) atoms. The molecule has 0 fully saturated rings. The minimum Gasteiger partial charge on any atom is -0.337 e. The fourth-order valence-corrected chi connectivity index (χ4v) is 2.08. The first kappa shape index (κ1) is 15.8. The highest BCUT2D eigenvalue weighted by Gasteiger charge is 2.14. The van der Waals surface area contributed by atoms with Crippen molar-refractivity contribution in [3.8, 4) is 23.4 Å². The molecule has 1 N–H and O–H groups in total. The number of pyridine rings is 2. The van der Waals surface area contributed by atoms with Gasteiger partial charge in [-0.05, 0) is 43.7 Å². The molecule has 3 aromatic heterocycles. The van der Waals surface area contributed by atoms with Gasteiger partial charge < -0.3 is 9.84 Å². The highest BCUT2D eigenvalue weighted by atomic mass is 16.5. The lowest BCUT2D eigenvalue weighted by atomic mass is 10.2. The predicted molar refractivity (Wildman–Crippen MR) is 89.8 cm³/mol. The maximum atomic E-state index is 5.27. The second-order valence-corrected chi connectivity index (χ2v) is 5.13. The molecule has 3 rings (SSSR count). The first-order valence-electron chi connectivity index (χ1n) is 7.72. The molecule has 0 saturated heterocycles. The van der Waals surface area contributed by atoms with Crippen LogP contribution < -0.4 is 5.32 Å². The van der Waals surface area contributed by atoms with Crippen LogP contribution in [0, 0.1) is 11.8 Å². The molecule has 6 nitrogen and oxygen atoms in total. The van der Waals surface area contributed by atoms with E-state index < -0.39 is 0 Å². The fourth-order valence-electron chi connectivity index (χ4n) is 2.08. The summed E-state index contributed by atoms with van der Waals surface area (Å²) in [5.41, 5.74) is 2.17. The van der Waals surface area contributed by atoms with E-state index in [2.05, 4.69) is 37.3 Å². The van der Waals surface area contributed by atoms with Gasteiger partial charge in [0, 0.05) is 18.0 Å². The summed E-state index contributed by atoms with van der Waals surface area (Å²) in [4.78, 5) is 12.9. The molecule has 3 aromatic rings. The first-order chi connectivity index (χ1) is 11.8. The number of nitrogens with zero attached hydrogens (tertiary/aromatic N) is 4. The average Bonchev–Trinajstić information content (AvgIpc) is 3.12. The zero-order valence-electron chi connectivity index (χ0n) is 13.5. The largest absolute Gasteiger partial charge is 0.337 e. The smallest absolute Gasteiger partial charge is 0.243 e. The number of aromatic nitrogens is 4. The Labute approximate surface area is 140 Å². The van der Waals surface area contributed by atoms with Crippen LogP contribution >= 0.6 is 0 Å². The summed E-state index contributed by atoms with van der Waals surface area (Å²) in [7, 11) is 0. The van der Waals surface area contributed by atoms with Gasteiger partial charge in [-0.3, -0.25) is 4.98 Å². The van der Waals surface area contributed by atoms with Gasteiger partial charge >= 0.3 is 0 Å². The van der Waals surface area contributed by atoms with Crippen LogP contribution in [0.1, 0.15) is 37.0 Å². The first-order valence-corrected chi connectivity index (χ1v) is 7.72. The van der Waals surface area contributed by atoms with Gasteiger partial charge in [0.1, 0.15) is 11.4 Å². The van der Waals surface area contributed by atoms with Gasteiger partial charge in [-0.1, -0.05) is 24.1 Å². The predicted octanol–water partition coefficient (Wildman–Crippen LogP) is 2.60. The van der Waals surface area contributed by atoms with E-state index in [1.165, 1.54) is 0 Å². The van der Waals surface area contributed by atoms with E-state index in [1.54, 1.807) is 12.4 Å². The molecule has 0 spiro atoms. The van der Waals surface area contributed by atoms with Gasteiger partial charge in [-0.2, -0.15) is 4.98 Å². The lowest BCUT2D eigenvalue weighted by Crippen LogP contribution is -2.17. The van der Waals surface area contributed by atoms with Crippen molar-refractivity contribution in [2.75, 3.05) is 6.54 Å². The summed E-state index contributed by atoms with van der Waals surface area (Å²) in [6.45, 7) is 4.84. The SMILES string of the molecule is CCNC(C)c1nc(-c2ccc(C#Cc3ccccn3)cn2)no1. The Kier molecular flexibility index (Phi) is 4.94. The third kappa shape index (κ3) is 3.83. The maximum Gasteiger partial charge on any atom is 0.243 e. The van der Waals surface area contributed by atoms with Gasteiger partial charge in [0.25, 0.3) is 0 Å². The van der Waals surface area contributed by atoms with Crippen molar-refractivity contribution in [2.24, 2.45) is 0 Å². The standard InChI is InChI=1S/C18H17N5O/c1-3-19-13(2)18-22-17(23-24-18)16-10-8-14(12-21-16)7-9-15-6-4-5-11-20-15/h4-6,8,10-13,19H,3H2,1-2H3. The van der Waals surface area contributed by atoms with E-state index in [4.69, 9.17) is 4.52 Å². The highest BCUT2D eigenvalue weighted by Crippen LogP contribution is 2.16. The monoisotopic (exact) mass is 319 g/mol. The third-order valence-electron chi connectivity index (χ3n) is 3.31. The molecule has 3 heterocycles. The molecule has 1 unspecified atom stereocenters. The van der Waals surface area contributed by atoms with Crippen LogP contribution in [0.25, 0.3) is 11.5 Å². The molecule has 120 valence electrons. The van der Waals surface area contributed by atoms with Gasteiger partial charge in [0.05, 0.1) is 6.04 Å². The second-order valence-electron chi connectivity index (χ2n) is 5.13. The highest BCUT2D eigenvalue weighted by molar-refractivity contribution is 5.50. The summed E-state index contributed by atoms with van der Waals surface area (Å²) in [5.74, 6) is 7.04. The molecule has 0 aliphatic carbocycles. The summed E-state index contributed by atoms with van der Waals surface area (Å²) >= 11 is 0. The summed E-state index contributed by atoms with van der Waals surface area (Å²) < 4.78 is 5.27. The van der Waals surface area contributed by atoms with Crippen molar-refractivity contribution in [1.29, 1.82) is 0 Å². The fraction of sp³-hybridized carbons (Fsp3) is 0.222. The van der Waals surface area contributed by atoms with E-state index in [-0.39, 0.29) is 6.04 Å². The molecule has 0 bridgehead atoms. The van der Waals surface area contributed by atoms with Gasteiger partial charge in [-0.25, -0.2) is 4.98 Å². The second kappa shape index (κ2) is 7.49. The Morgan fingerprint density at radius 2 is 2.08 bits per heavy atom. The Morgan fingerprint density at radius 1 is 1.17 bits per heavy atom. The van der Waals surface area contributed by atoms with Crippen LogP contribution in [0.5, 0.6) is 0 Å². The summed E-state index contributed by atoms with van der Waals surface area (Å²) in [6.07, 6.45) is 3.41. The van der Waals surface area contributed by atoms with Gasteiger partial charge in [-0.15, -0.1) is 0 Å². The lowest BCUT2D eigenvalue weighted by Gasteiger charge is -2.04. The van der Waals surface area contributed by atoms with E-state index in [9.17, 15) is 0 Å². The van der Waals surface area contributed by atoms with Gasteiger partial charge in [0.2, 0.25) is 11.7 Å². The zero-order chi connectivity index (χ0) is 16.8. The molecular formula is C18H17N5O. The normalized spacial score (nSPS) is 11.6. The van der Waals surface area contributed by atoms with Crippen LogP contribution in [-0.2, 0) is 0 Å². The van der Waals surface area contributed by atoms with Crippen LogP contribution in [0.15, 0.2) is 47.2 Å². The van der Waals surface area contributed by atoms with Crippen molar-refractivity contribution in [1.82, 2.24) is 25.4 Å². The maximum absolute atomic E-state index is 5.27. The van der Waals surface area contributed by atoms with Crippen molar-refractivity contribution < 1.29 is 4.52 Å². The molecule has 6 heteroatoms. The number of rotatable bonds is 4. The zero-order valence-corrected chi connectivity index (χ0v) is 13.5. The molecule has 0 amide bonds. The van der Waals surface area contributed by atoms with Crippen LogP contribution in [0.4, 0.5) is 0 Å². The minimum atomic E-state index is 0.0137. The van der Waals surface area contributed by atoms with E-state index >= 15 is 0 Å². The Morgan fingerprint density at radius 3 is 2.79 bits per heavy atom. The Hall–Kier alpha value is -3.04. The van der Waals surface area contributed by atoms with E-state index in [0.717, 1.165) is 17.8 Å². The van der Waals surface area contributed by atoms with Crippen molar-refractivity contribution in [3.63, 3.8) is 0 Å². The Bertz CT molecular complexity index is 846. The van der Waals surface area contributed by atoms with Crippen LogP contribution in [0.2, 0.25) is 0 Å². The van der Waals surface area contributed by atoms with E-state index in [0.29, 0.717) is 17.4 Å². The topological polar surface area (TPSA) is 76.7 Å². The molecule has 0 aliphatic rings. The van der Waals surface area contributed by atoms with Crippen molar-refractivity contribution in [2.45, 2.75) is 19.9 Å².